The molecule has 2 fully saturated rings. The number of hydrogen-bond donors (Lipinski definition) is 2. The molecular weight excluding hydrogens is 441 g/mol. The molecule has 27 heavy (non-hydrogen) atoms. The van der Waals surface area contributed by atoms with Crippen LogP contribution in [0.4, 0.5) is 0 Å². The van der Waals surface area contributed by atoms with Gasteiger partial charge < -0.3 is 19.9 Å². The van der Waals surface area contributed by atoms with Gasteiger partial charge in [0.25, 0.3) is 0 Å². The Hall–Kier alpha value is -1.42. The second-order valence-electron chi connectivity index (χ2n) is 6.68. The molecule has 12 heteroatoms. The second-order valence-corrected chi connectivity index (χ2v) is 9.60. The number of aliphatic carboxylic acids is 1. The van der Waals surface area contributed by atoms with Crippen molar-refractivity contribution in [2.45, 2.75) is 42.6 Å². The Labute approximate surface area is 172 Å². The molecule has 3 heterocycles. The van der Waals surface area contributed by atoms with Gasteiger partial charge >= 0.3 is 5.97 Å². The molecule has 0 aliphatic carbocycles. The zero-order chi connectivity index (χ0) is 20.3. The SMILES string of the molecule is CC1(C)S[C@@H]2C(NC(=O)Cn3cc(Cl)c(=O)c(Cl)c3Cl)C(=O)N2[C@H]1C(=O)O. The van der Waals surface area contributed by atoms with E-state index >= 15 is 0 Å². The van der Waals surface area contributed by atoms with Gasteiger partial charge in [-0.2, -0.15) is 0 Å². The van der Waals surface area contributed by atoms with E-state index in [0.717, 1.165) is 0 Å². The number of carbonyl (C=O) groups is 3. The molecule has 2 saturated heterocycles. The maximum Gasteiger partial charge on any atom is 0.327 e. The maximum absolute atomic E-state index is 12.4. The molecule has 0 saturated carbocycles. The predicted molar refractivity (Wildman–Crippen MR) is 101 cm³/mol. The zero-order valence-corrected chi connectivity index (χ0v) is 17.1. The monoisotopic (exact) mass is 453 g/mol. The molecule has 3 atom stereocenters. The highest BCUT2D eigenvalue weighted by Crippen LogP contribution is 2.50. The van der Waals surface area contributed by atoms with Gasteiger partial charge in [-0.15, -0.1) is 11.8 Å². The van der Waals surface area contributed by atoms with Crippen LogP contribution in [0, 0.1) is 0 Å². The fourth-order valence-corrected chi connectivity index (χ4v) is 5.50. The topological polar surface area (TPSA) is 109 Å². The molecule has 2 aliphatic heterocycles. The first-order chi connectivity index (χ1) is 12.5. The quantitative estimate of drug-likeness (QED) is 0.526. The lowest BCUT2D eigenvalue weighted by atomic mass is 9.96. The highest BCUT2D eigenvalue weighted by molar-refractivity contribution is 8.01. The molecule has 0 spiro atoms. The van der Waals surface area contributed by atoms with Crippen LogP contribution in [-0.4, -0.2) is 54.6 Å². The molecule has 3 rings (SSSR count). The number of pyridine rings is 1. The minimum atomic E-state index is -1.09. The van der Waals surface area contributed by atoms with E-state index in [4.69, 9.17) is 34.8 Å². The summed E-state index contributed by atoms with van der Waals surface area (Å²) < 4.78 is 0.504. The van der Waals surface area contributed by atoms with E-state index in [1.54, 1.807) is 13.8 Å². The first-order valence-corrected chi connectivity index (χ1v) is 9.73. The molecule has 0 radical (unpaired) electrons. The van der Waals surface area contributed by atoms with Crippen molar-refractivity contribution in [2.24, 2.45) is 0 Å². The van der Waals surface area contributed by atoms with Crippen LogP contribution < -0.4 is 10.7 Å². The third kappa shape index (κ3) is 3.30. The number of nitrogens with zero attached hydrogens (tertiary/aromatic N) is 2. The summed E-state index contributed by atoms with van der Waals surface area (Å²) in [6, 6.07) is -1.80. The smallest absolute Gasteiger partial charge is 0.327 e. The number of rotatable bonds is 4. The van der Waals surface area contributed by atoms with Crippen LogP contribution in [0.25, 0.3) is 0 Å². The van der Waals surface area contributed by atoms with Crippen LogP contribution in [-0.2, 0) is 20.9 Å². The summed E-state index contributed by atoms with van der Waals surface area (Å²) in [5.41, 5.74) is -0.644. The molecule has 2 aliphatic rings. The second kappa shape index (κ2) is 6.88. The van der Waals surface area contributed by atoms with Crippen molar-refractivity contribution in [2.75, 3.05) is 0 Å². The highest BCUT2D eigenvalue weighted by Gasteiger charge is 2.64. The van der Waals surface area contributed by atoms with Crippen molar-refractivity contribution in [3.8, 4) is 0 Å². The van der Waals surface area contributed by atoms with Gasteiger partial charge in [-0.05, 0) is 13.8 Å². The van der Waals surface area contributed by atoms with Gasteiger partial charge in [-0.3, -0.25) is 14.4 Å². The number of halogens is 3. The van der Waals surface area contributed by atoms with E-state index in [1.165, 1.54) is 27.4 Å². The van der Waals surface area contributed by atoms with Crippen LogP contribution in [0.15, 0.2) is 11.0 Å². The lowest BCUT2D eigenvalue weighted by molar-refractivity contribution is -0.161. The average Bonchev–Trinajstić information content (AvgIpc) is 2.84. The summed E-state index contributed by atoms with van der Waals surface area (Å²) in [6.07, 6.45) is 1.18. The molecule has 2 amide bonds. The fourth-order valence-electron chi connectivity index (χ4n) is 3.21. The fraction of sp³-hybridized carbons (Fsp3) is 0.467. The van der Waals surface area contributed by atoms with Gasteiger partial charge in [-0.1, -0.05) is 34.8 Å². The number of carboxylic acids is 1. The Bertz CT molecular complexity index is 919. The number of amides is 2. The van der Waals surface area contributed by atoms with E-state index in [-0.39, 0.29) is 21.7 Å². The Morgan fingerprint density at radius 2 is 1.93 bits per heavy atom. The molecule has 146 valence electrons. The number of hydrogen-bond acceptors (Lipinski definition) is 5. The standard InChI is InChI=1S/C15H14Cl3N3O5S/c1-15(2)10(14(25)26)21-12(24)8(13(21)27-15)19-6(22)4-20-3-5(16)9(23)7(17)11(20)18/h3,8,10,13H,4H2,1-2H3,(H,19,22)(H,25,26)/t8?,10-,13+/m0/s1. The lowest BCUT2D eigenvalue weighted by Gasteiger charge is -2.43. The summed E-state index contributed by atoms with van der Waals surface area (Å²) in [7, 11) is 0. The van der Waals surface area contributed by atoms with E-state index < -0.39 is 45.4 Å². The van der Waals surface area contributed by atoms with Crippen molar-refractivity contribution >= 4 is 64.3 Å². The third-order valence-corrected chi connectivity index (χ3v) is 7.12. The van der Waals surface area contributed by atoms with Crippen molar-refractivity contribution in [1.82, 2.24) is 14.8 Å². The minimum Gasteiger partial charge on any atom is -0.480 e. The zero-order valence-electron chi connectivity index (χ0n) is 14.0. The third-order valence-electron chi connectivity index (χ3n) is 4.42. The van der Waals surface area contributed by atoms with E-state index in [2.05, 4.69) is 5.32 Å². The minimum absolute atomic E-state index is 0.148. The largest absolute Gasteiger partial charge is 0.480 e. The normalized spacial score (nSPS) is 25.7. The lowest BCUT2D eigenvalue weighted by Crippen LogP contribution is -2.70. The van der Waals surface area contributed by atoms with Gasteiger partial charge in [0.1, 0.15) is 39.2 Å². The van der Waals surface area contributed by atoms with E-state index in [1.807, 2.05) is 0 Å². The summed E-state index contributed by atoms with van der Waals surface area (Å²) >= 11 is 18.8. The van der Waals surface area contributed by atoms with Gasteiger partial charge in [0.2, 0.25) is 17.2 Å². The van der Waals surface area contributed by atoms with Crippen LogP contribution >= 0.6 is 46.6 Å². The molecule has 0 bridgehead atoms. The van der Waals surface area contributed by atoms with Gasteiger partial charge in [-0.25, -0.2) is 4.79 Å². The number of carbonyl (C=O) groups excluding carboxylic acids is 2. The van der Waals surface area contributed by atoms with Crippen LogP contribution in [0.2, 0.25) is 15.2 Å². The Morgan fingerprint density at radius 3 is 2.52 bits per heavy atom. The first kappa shape index (κ1) is 20.3. The number of nitrogens with one attached hydrogen (secondary N) is 1. The van der Waals surface area contributed by atoms with Crippen LogP contribution in [0.1, 0.15) is 13.8 Å². The Morgan fingerprint density at radius 1 is 1.30 bits per heavy atom. The number of fused-ring (bicyclic) bond motifs is 1. The molecule has 8 nitrogen and oxygen atoms in total. The van der Waals surface area contributed by atoms with Gasteiger partial charge in [0, 0.05) is 10.9 Å². The van der Waals surface area contributed by atoms with Gasteiger partial charge in [0.15, 0.2) is 0 Å². The molecule has 0 aromatic carbocycles. The highest BCUT2D eigenvalue weighted by atomic mass is 35.5. The first-order valence-electron chi connectivity index (χ1n) is 7.72. The van der Waals surface area contributed by atoms with E-state index in [0.29, 0.717) is 0 Å². The molecule has 2 N–H and O–H groups in total. The number of β-lactam (4-membered cyclic amide) rings is 1. The van der Waals surface area contributed by atoms with Crippen molar-refractivity contribution in [1.29, 1.82) is 0 Å². The summed E-state index contributed by atoms with van der Waals surface area (Å²) in [4.78, 5) is 49.1. The Balaban J connectivity index is 1.73. The summed E-state index contributed by atoms with van der Waals surface area (Å²) in [5.74, 6) is -2.10. The molecule has 1 aromatic heterocycles. The van der Waals surface area contributed by atoms with E-state index in [9.17, 15) is 24.3 Å². The van der Waals surface area contributed by atoms with Crippen LogP contribution in [0.5, 0.6) is 0 Å². The van der Waals surface area contributed by atoms with Crippen molar-refractivity contribution < 1.29 is 19.5 Å². The van der Waals surface area contributed by atoms with Gasteiger partial charge in [0.05, 0.1) is 0 Å². The predicted octanol–water partition coefficient (Wildman–Crippen LogP) is 1.44. The maximum atomic E-state index is 12.4. The summed E-state index contributed by atoms with van der Waals surface area (Å²) in [5, 5.41) is 10.9. The number of carboxylic acid groups (broad SMARTS) is 1. The molecular formula is C15H14Cl3N3O5S. The number of thioether (sulfide) groups is 1. The van der Waals surface area contributed by atoms with Crippen molar-refractivity contribution in [3.63, 3.8) is 0 Å². The molecule has 1 aromatic rings. The number of aromatic nitrogens is 1. The average molecular weight is 455 g/mol. The van der Waals surface area contributed by atoms with Crippen molar-refractivity contribution in [3.05, 3.63) is 31.6 Å². The Kier molecular flexibility index (Phi) is 5.17. The summed E-state index contributed by atoms with van der Waals surface area (Å²) in [6.45, 7) is 3.17. The molecule has 1 unspecified atom stereocenters. The van der Waals surface area contributed by atoms with Crippen LogP contribution in [0.3, 0.4) is 0 Å².